The van der Waals surface area contributed by atoms with Crippen LogP contribution < -0.4 is 15.7 Å². The SMILES string of the molecule is CC(C)(C)c1ccc(CC2c3cc(-c4ccccc4)ccc3B3c4c(cc(-c5ccccc5)cc42)-c2cccc4c2N3c2ccccc2C42c3ccccc3-c3ccccc32)c(-c2ccccc2)c1. The van der Waals surface area contributed by atoms with E-state index >= 15 is 0 Å². The molecule has 3 heterocycles. The molecule has 0 amide bonds. The van der Waals surface area contributed by atoms with Crippen LogP contribution in [0.1, 0.15) is 71.2 Å². The summed E-state index contributed by atoms with van der Waals surface area (Å²) in [6.07, 6.45) is 0.859. The highest BCUT2D eigenvalue weighted by Crippen LogP contribution is 2.64. The first kappa shape index (κ1) is 40.2. The lowest BCUT2D eigenvalue weighted by Crippen LogP contribution is -2.63. The molecule has 326 valence electrons. The molecule has 0 aromatic heterocycles. The van der Waals surface area contributed by atoms with Crippen molar-refractivity contribution in [1.29, 1.82) is 0 Å². The Morgan fingerprint density at radius 3 is 1.67 bits per heavy atom. The highest BCUT2D eigenvalue weighted by Gasteiger charge is 2.56. The van der Waals surface area contributed by atoms with Crippen LogP contribution in [0.3, 0.4) is 0 Å². The summed E-state index contributed by atoms with van der Waals surface area (Å²) in [6, 6.07) is 88.0. The lowest BCUT2D eigenvalue weighted by Gasteiger charge is -2.52. The zero-order valence-electron chi connectivity index (χ0n) is 39.2. The van der Waals surface area contributed by atoms with Gasteiger partial charge in [0.15, 0.2) is 0 Å². The fourth-order valence-corrected chi connectivity index (χ4v) is 13.0. The number of hydrogen-bond donors (Lipinski definition) is 0. The Hall–Kier alpha value is -7.94. The Labute approximate surface area is 406 Å². The van der Waals surface area contributed by atoms with Crippen molar-refractivity contribution in [1.82, 2.24) is 0 Å². The quantitative estimate of drug-likeness (QED) is 0.156. The molecule has 69 heavy (non-hydrogen) atoms. The van der Waals surface area contributed by atoms with Gasteiger partial charge in [0.05, 0.1) is 5.41 Å². The second kappa shape index (κ2) is 15.0. The maximum Gasteiger partial charge on any atom is 0.329 e. The van der Waals surface area contributed by atoms with E-state index in [9.17, 15) is 0 Å². The Kier molecular flexibility index (Phi) is 8.75. The minimum atomic E-state index is -0.493. The van der Waals surface area contributed by atoms with Crippen LogP contribution in [-0.4, -0.2) is 6.85 Å². The van der Waals surface area contributed by atoms with E-state index in [0.29, 0.717) is 0 Å². The lowest BCUT2D eigenvalue weighted by atomic mass is 9.39. The van der Waals surface area contributed by atoms with E-state index < -0.39 is 5.41 Å². The molecular weight excluding hydrogens is 830 g/mol. The largest absolute Gasteiger partial charge is 0.376 e. The summed E-state index contributed by atoms with van der Waals surface area (Å²) in [7, 11) is 0. The molecule has 0 N–H and O–H groups in total. The summed E-state index contributed by atoms with van der Waals surface area (Å²) in [5.74, 6) is 0.0740. The fraction of sp³-hybridized carbons (Fsp3) is 0.104. The summed E-state index contributed by atoms with van der Waals surface area (Å²) in [6.45, 7) is 6.92. The van der Waals surface area contributed by atoms with Crippen molar-refractivity contribution >= 4 is 29.1 Å². The summed E-state index contributed by atoms with van der Waals surface area (Å²) in [5.41, 5.74) is 28.7. The van der Waals surface area contributed by atoms with Gasteiger partial charge < -0.3 is 4.81 Å². The van der Waals surface area contributed by atoms with Crippen LogP contribution in [0.25, 0.3) is 55.6 Å². The topological polar surface area (TPSA) is 3.24 Å². The van der Waals surface area contributed by atoms with Crippen LogP contribution in [0, 0.1) is 0 Å². The Morgan fingerprint density at radius 1 is 0.420 bits per heavy atom. The molecule has 1 atom stereocenters. The Bertz CT molecular complexity index is 3650. The van der Waals surface area contributed by atoms with E-state index in [-0.39, 0.29) is 18.2 Å². The summed E-state index contributed by atoms with van der Waals surface area (Å²) < 4.78 is 0. The van der Waals surface area contributed by atoms with E-state index in [4.69, 9.17) is 0 Å². The van der Waals surface area contributed by atoms with Gasteiger partial charge in [0.25, 0.3) is 0 Å². The third-order valence-electron chi connectivity index (χ3n) is 16.1. The zero-order chi connectivity index (χ0) is 46.0. The van der Waals surface area contributed by atoms with Crippen LogP contribution in [0.15, 0.2) is 231 Å². The first-order chi connectivity index (χ1) is 33.9. The molecule has 2 heteroatoms. The number of hydrogen-bond acceptors (Lipinski definition) is 1. The predicted molar refractivity (Wildman–Crippen MR) is 290 cm³/mol. The smallest absolute Gasteiger partial charge is 0.329 e. The van der Waals surface area contributed by atoms with Gasteiger partial charge in [-0.15, -0.1) is 0 Å². The van der Waals surface area contributed by atoms with Crippen molar-refractivity contribution in [3.63, 3.8) is 0 Å². The first-order valence-corrected chi connectivity index (χ1v) is 24.7. The fourth-order valence-electron chi connectivity index (χ4n) is 13.0. The van der Waals surface area contributed by atoms with E-state index in [0.717, 1.165) is 6.42 Å². The number of anilines is 2. The van der Waals surface area contributed by atoms with E-state index in [1.165, 1.54) is 122 Å². The highest BCUT2D eigenvalue weighted by molar-refractivity contribution is 6.92. The van der Waals surface area contributed by atoms with Gasteiger partial charge >= 0.3 is 6.85 Å². The van der Waals surface area contributed by atoms with Crippen LogP contribution in [0.5, 0.6) is 0 Å². The van der Waals surface area contributed by atoms with Gasteiger partial charge in [-0.25, -0.2) is 0 Å². The average molecular weight is 880 g/mol. The van der Waals surface area contributed by atoms with Gasteiger partial charge in [0.1, 0.15) is 0 Å². The molecule has 0 bridgehead atoms. The van der Waals surface area contributed by atoms with E-state index in [1.807, 2.05) is 0 Å². The van der Waals surface area contributed by atoms with Crippen LogP contribution in [-0.2, 0) is 17.3 Å². The monoisotopic (exact) mass is 879 g/mol. The summed E-state index contributed by atoms with van der Waals surface area (Å²) in [4.78, 5) is 2.77. The van der Waals surface area contributed by atoms with Crippen LogP contribution in [0.2, 0.25) is 0 Å². The first-order valence-electron chi connectivity index (χ1n) is 24.7. The third-order valence-corrected chi connectivity index (χ3v) is 16.1. The molecule has 1 nitrogen and oxygen atoms in total. The normalized spacial score (nSPS) is 15.1. The maximum absolute atomic E-state index is 2.77. The number of rotatable bonds is 5. The molecule has 14 rings (SSSR count). The molecule has 10 aromatic carbocycles. The molecular formula is C67H50BN. The van der Waals surface area contributed by atoms with Gasteiger partial charge in [-0.05, 0) is 129 Å². The standard InChI is InChI=1S/C67H50BN/c1-66(2,3)49-36-34-47(53(42-49)45-24-11-6-12-25-45)39-54-55-38-46(43-20-7-4-8-21-43)35-37-62(55)68-64-56(40-48(41-57(54)64)44-22-9-5-10-23-44)52-28-19-32-61-65(52)69(68)63-33-18-17-31-60(63)67(61)58-29-15-13-26-50(58)51-27-14-16-30-59(51)67/h4-38,40-42,54H,39H2,1-3H3. The number of benzene rings is 10. The van der Waals surface area contributed by atoms with Crippen LogP contribution >= 0.6 is 0 Å². The molecule has 10 aromatic rings. The van der Waals surface area contributed by atoms with Crippen molar-refractivity contribution in [2.45, 2.75) is 43.9 Å². The molecule has 1 unspecified atom stereocenters. The van der Waals surface area contributed by atoms with Crippen molar-refractivity contribution in [3.8, 4) is 55.6 Å². The van der Waals surface area contributed by atoms with E-state index in [2.05, 4.69) is 256 Å². The molecule has 0 saturated carbocycles. The average Bonchev–Trinajstić information content (AvgIpc) is 3.69. The van der Waals surface area contributed by atoms with Gasteiger partial charge in [0.2, 0.25) is 0 Å². The lowest BCUT2D eigenvalue weighted by molar-refractivity contribution is 0.590. The molecule has 4 aliphatic rings. The van der Waals surface area contributed by atoms with Gasteiger partial charge in [0, 0.05) is 22.9 Å². The second-order valence-corrected chi connectivity index (χ2v) is 20.7. The zero-order valence-corrected chi connectivity index (χ0v) is 39.2. The predicted octanol–water partition coefficient (Wildman–Crippen LogP) is 15.3. The Balaban J connectivity index is 1.09. The highest BCUT2D eigenvalue weighted by atomic mass is 15.1. The van der Waals surface area contributed by atoms with Gasteiger partial charge in [-0.1, -0.05) is 239 Å². The second-order valence-electron chi connectivity index (χ2n) is 20.7. The number of fused-ring (bicyclic) bond motifs is 13. The minimum absolute atomic E-state index is 0.0125. The van der Waals surface area contributed by atoms with Crippen molar-refractivity contribution in [2.75, 3.05) is 4.81 Å². The van der Waals surface area contributed by atoms with Crippen molar-refractivity contribution in [2.24, 2.45) is 0 Å². The van der Waals surface area contributed by atoms with Crippen molar-refractivity contribution < 1.29 is 0 Å². The number of nitrogens with zero attached hydrogens (tertiary/aromatic N) is 1. The third kappa shape index (κ3) is 5.79. The molecule has 0 saturated heterocycles. The van der Waals surface area contributed by atoms with Crippen LogP contribution in [0.4, 0.5) is 11.4 Å². The minimum Gasteiger partial charge on any atom is -0.376 e. The molecule has 1 spiro atoms. The van der Waals surface area contributed by atoms with E-state index in [1.54, 1.807) is 0 Å². The summed E-state index contributed by atoms with van der Waals surface area (Å²) >= 11 is 0. The summed E-state index contributed by atoms with van der Waals surface area (Å²) in [5, 5.41) is 0. The van der Waals surface area contributed by atoms with Gasteiger partial charge in [-0.3, -0.25) is 0 Å². The van der Waals surface area contributed by atoms with Gasteiger partial charge in [-0.2, -0.15) is 0 Å². The molecule has 1 aliphatic carbocycles. The number of para-hydroxylation sites is 2. The molecule has 3 aliphatic heterocycles. The van der Waals surface area contributed by atoms with Crippen molar-refractivity contribution in [3.05, 3.63) is 275 Å². The Morgan fingerprint density at radius 2 is 0.986 bits per heavy atom. The molecule has 0 fully saturated rings. The maximum atomic E-state index is 2.77. The molecule has 0 radical (unpaired) electrons.